The number of nitrogens with zero attached hydrogens (tertiary/aromatic N) is 1. The van der Waals surface area contributed by atoms with Crippen molar-refractivity contribution in [1.29, 1.82) is 0 Å². The molecule has 2 atom stereocenters. The second-order valence-corrected chi connectivity index (χ2v) is 12.6. The molecule has 0 bridgehead atoms. The van der Waals surface area contributed by atoms with Crippen molar-refractivity contribution >= 4 is 29.7 Å². The standard InChI is InChI=1S/C35H49N3O4S/c1-7-9-10-11-12-18-24-38(33(40)30(23-25-43-6)37-34(41)42-35(3,4)5)31(29-22-17-16-21-28(29)8-2)32(39)36-26-27-19-14-13-15-20-27/h2,13-17,19-22,30-31H,7,9-12,18,23-26H2,1,3-6H3,(H,36,39)(H,37,41). The number of ether oxygens (including phenoxy) is 1. The molecule has 0 aliphatic rings. The van der Waals surface area contributed by atoms with Crippen LogP contribution in [-0.4, -0.2) is 53.0 Å². The van der Waals surface area contributed by atoms with Gasteiger partial charge in [0.1, 0.15) is 17.7 Å². The van der Waals surface area contributed by atoms with Gasteiger partial charge in [-0.05, 0) is 62.8 Å². The second kappa shape index (κ2) is 19.0. The van der Waals surface area contributed by atoms with Crippen molar-refractivity contribution in [3.05, 3.63) is 71.3 Å². The summed E-state index contributed by atoms with van der Waals surface area (Å²) in [5, 5.41) is 5.84. The zero-order chi connectivity index (χ0) is 31.7. The summed E-state index contributed by atoms with van der Waals surface area (Å²) in [7, 11) is 0. The quantitative estimate of drug-likeness (QED) is 0.152. The molecule has 0 saturated carbocycles. The first-order chi connectivity index (χ1) is 20.6. The van der Waals surface area contributed by atoms with Gasteiger partial charge >= 0.3 is 6.09 Å². The topological polar surface area (TPSA) is 87.7 Å². The molecule has 234 valence electrons. The zero-order valence-corrected chi connectivity index (χ0v) is 27.3. The van der Waals surface area contributed by atoms with Gasteiger partial charge in [-0.3, -0.25) is 9.59 Å². The minimum absolute atomic E-state index is 0.305. The monoisotopic (exact) mass is 607 g/mol. The van der Waals surface area contributed by atoms with E-state index in [0.29, 0.717) is 36.4 Å². The van der Waals surface area contributed by atoms with Gasteiger partial charge in [-0.25, -0.2) is 4.79 Å². The largest absolute Gasteiger partial charge is 0.444 e. The Hall–Kier alpha value is -3.44. The summed E-state index contributed by atoms with van der Waals surface area (Å²) in [6.45, 7) is 8.16. The molecule has 0 fully saturated rings. The van der Waals surface area contributed by atoms with Crippen molar-refractivity contribution in [1.82, 2.24) is 15.5 Å². The summed E-state index contributed by atoms with van der Waals surface area (Å²) in [5.41, 5.74) is 1.35. The van der Waals surface area contributed by atoms with E-state index in [1.807, 2.05) is 54.8 Å². The van der Waals surface area contributed by atoms with E-state index in [0.717, 1.165) is 37.7 Å². The van der Waals surface area contributed by atoms with Crippen LogP contribution < -0.4 is 10.6 Å². The molecule has 0 heterocycles. The van der Waals surface area contributed by atoms with Gasteiger partial charge in [0.2, 0.25) is 11.8 Å². The Morgan fingerprint density at radius 1 is 0.977 bits per heavy atom. The lowest BCUT2D eigenvalue weighted by molar-refractivity contribution is -0.142. The van der Waals surface area contributed by atoms with Gasteiger partial charge in [0.15, 0.2) is 0 Å². The predicted molar refractivity (Wildman–Crippen MR) is 177 cm³/mol. The third-order valence-corrected chi connectivity index (χ3v) is 7.56. The van der Waals surface area contributed by atoms with Crippen LogP contribution in [0, 0.1) is 12.3 Å². The van der Waals surface area contributed by atoms with Gasteiger partial charge in [0.25, 0.3) is 0 Å². The average Bonchev–Trinajstić information content (AvgIpc) is 2.98. The van der Waals surface area contributed by atoms with Crippen molar-refractivity contribution in [2.45, 2.75) is 96.9 Å². The molecule has 0 spiro atoms. The molecule has 2 aromatic carbocycles. The number of nitrogens with one attached hydrogen (secondary N) is 2. The number of alkyl carbamates (subject to hydrolysis) is 1. The van der Waals surface area contributed by atoms with Crippen LogP contribution in [0.2, 0.25) is 0 Å². The summed E-state index contributed by atoms with van der Waals surface area (Å²) in [4.78, 5) is 42.9. The molecule has 0 saturated heterocycles. The lowest BCUT2D eigenvalue weighted by Crippen LogP contribution is -2.53. The smallest absolute Gasteiger partial charge is 0.408 e. The van der Waals surface area contributed by atoms with Crippen molar-refractivity contribution < 1.29 is 19.1 Å². The summed E-state index contributed by atoms with van der Waals surface area (Å²) in [6.07, 6.45) is 13.7. The molecule has 8 heteroatoms. The average molecular weight is 608 g/mol. The molecule has 0 radical (unpaired) electrons. The molecule has 3 amide bonds. The van der Waals surface area contributed by atoms with E-state index in [-0.39, 0.29) is 11.8 Å². The Morgan fingerprint density at radius 3 is 2.28 bits per heavy atom. The van der Waals surface area contributed by atoms with Crippen LogP contribution in [0.5, 0.6) is 0 Å². The number of amides is 3. The van der Waals surface area contributed by atoms with E-state index in [1.54, 1.807) is 43.5 Å². The Morgan fingerprint density at radius 2 is 1.63 bits per heavy atom. The van der Waals surface area contributed by atoms with Crippen molar-refractivity contribution in [3.8, 4) is 12.3 Å². The van der Waals surface area contributed by atoms with Crippen LogP contribution in [0.1, 0.15) is 95.4 Å². The van der Waals surface area contributed by atoms with E-state index in [2.05, 4.69) is 23.5 Å². The molecular formula is C35H49N3O4S. The molecule has 7 nitrogen and oxygen atoms in total. The number of rotatable bonds is 17. The lowest BCUT2D eigenvalue weighted by atomic mass is 9.96. The summed E-state index contributed by atoms with van der Waals surface area (Å²) in [5.74, 6) is 2.68. The molecule has 2 rings (SSSR count). The number of hydrogen-bond acceptors (Lipinski definition) is 5. The minimum atomic E-state index is -0.976. The normalized spacial score (nSPS) is 12.5. The highest BCUT2D eigenvalue weighted by Crippen LogP contribution is 2.27. The number of carbonyl (C=O) groups excluding carboxylic acids is 3. The van der Waals surface area contributed by atoms with E-state index in [9.17, 15) is 14.4 Å². The molecule has 0 aliphatic carbocycles. The third-order valence-electron chi connectivity index (χ3n) is 6.92. The first kappa shape index (κ1) is 35.8. The molecule has 2 unspecified atom stereocenters. The summed E-state index contributed by atoms with van der Waals surface area (Å²) < 4.78 is 5.50. The zero-order valence-electron chi connectivity index (χ0n) is 26.5. The Bertz CT molecular complexity index is 1190. The number of benzene rings is 2. The molecule has 0 aliphatic heterocycles. The fourth-order valence-corrected chi connectivity index (χ4v) is 5.24. The van der Waals surface area contributed by atoms with Gasteiger partial charge in [0, 0.05) is 18.7 Å². The molecular weight excluding hydrogens is 558 g/mol. The molecule has 0 aromatic heterocycles. The maximum atomic E-state index is 14.4. The first-order valence-electron chi connectivity index (χ1n) is 15.3. The van der Waals surface area contributed by atoms with Crippen LogP contribution in [0.25, 0.3) is 0 Å². The first-order valence-corrected chi connectivity index (χ1v) is 16.7. The van der Waals surface area contributed by atoms with Crippen LogP contribution in [0.4, 0.5) is 4.79 Å². The van der Waals surface area contributed by atoms with E-state index in [4.69, 9.17) is 11.2 Å². The molecule has 2 aromatic rings. The van der Waals surface area contributed by atoms with Gasteiger partial charge in [-0.15, -0.1) is 6.42 Å². The number of thioether (sulfide) groups is 1. The highest BCUT2D eigenvalue weighted by Gasteiger charge is 2.36. The van der Waals surface area contributed by atoms with E-state index >= 15 is 0 Å². The van der Waals surface area contributed by atoms with Crippen LogP contribution >= 0.6 is 11.8 Å². The highest BCUT2D eigenvalue weighted by atomic mass is 32.2. The second-order valence-electron chi connectivity index (χ2n) is 11.6. The van der Waals surface area contributed by atoms with Gasteiger partial charge in [-0.1, -0.05) is 93.5 Å². The van der Waals surface area contributed by atoms with Gasteiger partial charge < -0.3 is 20.3 Å². The highest BCUT2D eigenvalue weighted by molar-refractivity contribution is 7.98. The molecule has 2 N–H and O–H groups in total. The number of hydrogen-bond donors (Lipinski definition) is 2. The van der Waals surface area contributed by atoms with Crippen LogP contribution in [-0.2, 0) is 20.9 Å². The summed E-state index contributed by atoms with van der Waals surface area (Å²) in [6, 6.07) is 15.0. The van der Waals surface area contributed by atoms with Crippen LogP contribution in [0.3, 0.4) is 0 Å². The number of terminal acetylenes is 1. The number of unbranched alkanes of at least 4 members (excludes halogenated alkanes) is 5. The summed E-state index contributed by atoms with van der Waals surface area (Å²) >= 11 is 1.58. The Kier molecular flexibility index (Phi) is 15.8. The van der Waals surface area contributed by atoms with Gasteiger partial charge in [-0.2, -0.15) is 11.8 Å². The van der Waals surface area contributed by atoms with Gasteiger partial charge in [0.05, 0.1) is 0 Å². The predicted octanol–water partition coefficient (Wildman–Crippen LogP) is 6.86. The van der Waals surface area contributed by atoms with Crippen molar-refractivity contribution in [2.24, 2.45) is 0 Å². The van der Waals surface area contributed by atoms with E-state index < -0.39 is 23.8 Å². The molecule has 43 heavy (non-hydrogen) atoms. The fourth-order valence-electron chi connectivity index (χ4n) is 4.77. The van der Waals surface area contributed by atoms with Crippen molar-refractivity contribution in [3.63, 3.8) is 0 Å². The lowest BCUT2D eigenvalue weighted by Gasteiger charge is -2.35. The van der Waals surface area contributed by atoms with Crippen LogP contribution in [0.15, 0.2) is 54.6 Å². The maximum absolute atomic E-state index is 14.4. The van der Waals surface area contributed by atoms with E-state index in [1.165, 1.54) is 6.42 Å². The fraction of sp³-hybridized carbons (Fsp3) is 0.514. The maximum Gasteiger partial charge on any atom is 0.408 e. The van der Waals surface area contributed by atoms with Crippen molar-refractivity contribution in [2.75, 3.05) is 18.6 Å². The SMILES string of the molecule is C#Cc1ccccc1C(C(=O)NCc1ccccc1)N(CCCCCCCC)C(=O)C(CCSC)NC(=O)OC(C)(C)C. The third kappa shape index (κ3) is 12.8. The minimum Gasteiger partial charge on any atom is -0.444 e. The number of carbonyl (C=O) groups is 3. The Labute approximate surface area is 262 Å². The Balaban J connectivity index is 2.50.